The zero-order valence-corrected chi connectivity index (χ0v) is 12.1. The summed E-state index contributed by atoms with van der Waals surface area (Å²) < 4.78 is 0. The lowest BCUT2D eigenvalue weighted by molar-refractivity contribution is -0.384. The van der Waals surface area contributed by atoms with Crippen molar-refractivity contribution < 1.29 is 14.5 Å². The number of carbonyl (C=O) groups is 2. The van der Waals surface area contributed by atoms with Gasteiger partial charge < -0.3 is 5.32 Å². The van der Waals surface area contributed by atoms with Gasteiger partial charge >= 0.3 is 0 Å². The molecular formula is C13H9ClN2O4S. The quantitative estimate of drug-likeness (QED) is 0.396. The average molecular weight is 325 g/mol. The molecule has 0 fully saturated rings. The molecule has 108 valence electrons. The molecule has 0 saturated heterocycles. The van der Waals surface area contributed by atoms with Crippen LogP contribution < -0.4 is 5.32 Å². The Labute approximate surface area is 128 Å². The molecule has 21 heavy (non-hydrogen) atoms. The number of anilines is 1. The number of nitro groups is 1. The number of nitrogens with zero attached hydrogens (tertiary/aromatic N) is 1. The smallest absolute Gasteiger partial charge is 0.270 e. The molecule has 6 nitrogen and oxygen atoms in total. The van der Waals surface area contributed by atoms with E-state index in [0.29, 0.717) is 5.00 Å². The third kappa shape index (κ3) is 3.45. The van der Waals surface area contributed by atoms with Crippen LogP contribution in [0.4, 0.5) is 10.7 Å². The maximum absolute atomic E-state index is 12.4. The molecule has 0 aliphatic carbocycles. The minimum Gasteiger partial charge on any atom is -0.316 e. The van der Waals surface area contributed by atoms with Crippen molar-refractivity contribution in [3.05, 3.63) is 57.0 Å². The molecule has 0 atom stereocenters. The van der Waals surface area contributed by atoms with Crippen LogP contribution in [0.3, 0.4) is 0 Å². The summed E-state index contributed by atoms with van der Waals surface area (Å²) in [5.41, 5.74) is 0.297. The highest BCUT2D eigenvalue weighted by molar-refractivity contribution is 7.14. The van der Waals surface area contributed by atoms with Crippen LogP contribution in [0.5, 0.6) is 0 Å². The van der Waals surface area contributed by atoms with E-state index in [1.807, 2.05) is 0 Å². The number of thiophene rings is 1. The monoisotopic (exact) mass is 324 g/mol. The zero-order chi connectivity index (χ0) is 15.4. The Balaban J connectivity index is 2.32. The Morgan fingerprint density at radius 1 is 1.33 bits per heavy atom. The molecule has 2 rings (SSSR count). The molecule has 2 aromatic rings. The van der Waals surface area contributed by atoms with Gasteiger partial charge in [0.1, 0.15) is 10.9 Å². The van der Waals surface area contributed by atoms with Gasteiger partial charge in [-0.2, -0.15) is 0 Å². The van der Waals surface area contributed by atoms with E-state index in [4.69, 9.17) is 11.6 Å². The average Bonchev–Trinajstić information content (AvgIpc) is 2.94. The lowest BCUT2D eigenvalue weighted by atomic mass is 10.0. The molecule has 1 aromatic heterocycles. The fourth-order valence-electron chi connectivity index (χ4n) is 1.66. The van der Waals surface area contributed by atoms with E-state index in [2.05, 4.69) is 5.32 Å². The lowest BCUT2D eigenvalue weighted by Gasteiger charge is -2.04. The summed E-state index contributed by atoms with van der Waals surface area (Å²) in [6, 6.07) is 6.98. The second kappa shape index (κ2) is 6.47. The highest BCUT2D eigenvalue weighted by atomic mass is 35.5. The zero-order valence-electron chi connectivity index (χ0n) is 10.5. The SMILES string of the molecule is O=C(CCl)Nc1sccc1C(=O)c1cccc([N+](=O)[O-])c1. The van der Waals surface area contributed by atoms with Crippen molar-refractivity contribution in [3.8, 4) is 0 Å². The number of nitrogens with one attached hydrogen (secondary N) is 1. The number of ketones is 1. The van der Waals surface area contributed by atoms with Crippen molar-refractivity contribution >= 4 is 45.3 Å². The highest BCUT2D eigenvalue weighted by Crippen LogP contribution is 2.27. The largest absolute Gasteiger partial charge is 0.316 e. The molecule has 8 heteroatoms. The van der Waals surface area contributed by atoms with Gasteiger partial charge in [-0.25, -0.2) is 0 Å². The normalized spacial score (nSPS) is 10.1. The summed E-state index contributed by atoms with van der Waals surface area (Å²) in [5, 5.41) is 15.3. The minimum atomic E-state index is -0.569. The number of non-ortho nitro benzene ring substituents is 1. The summed E-state index contributed by atoms with van der Waals surface area (Å²) in [7, 11) is 0. The van der Waals surface area contributed by atoms with Crippen LogP contribution in [-0.4, -0.2) is 22.5 Å². The number of benzene rings is 1. The van der Waals surface area contributed by atoms with E-state index < -0.39 is 16.6 Å². The number of hydrogen-bond acceptors (Lipinski definition) is 5. The van der Waals surface area contributed by atoms with Crippen LogP contribution >= 0.6 is 22.9 Å². The molecule has 1 N–H and O–H groups in total. The first kappa shape index (κ1) is 15.1. The van der Waals surface area contributed by atoms with Gasteiger partial charge in [-0.05, 0) is 11.4 Å². The molecule has 0 aliphatic heterocycles. The summed E-state index contributed by atoms with van der Waals surface area (Å²) in [4.78, 5) is 33.8. The number of carbonyl (C=O) groups excluding carboxylic acids is 2. The first-order valence-corrected chi connectivity index (χ1v) is 7.17. The van der Waals surface area contributed by atoms with E-state index >= 15 is 0 Å². The summed E-state index contributed by atoms with van der Waals surface area (Å²) in [5.74, 6) is -1.04. The summed E-state index contributed by atoms with van der Waals surface area (Å²) in [6.45, 7) is 0. The van der Waals surface area contributed by atoms with Gasteiger partial charge in [0.2, 0.25) is 5.91 Å². The first-order chi connectivity index (χ1) is 10.0. The second-order valence-corrected chi connectivity index (χ2v) is 5.17. The topological polar surface area (TPSA) is 89.3 Å². The Hall–Kier alpha value is -2.25. The van der Waals surface area contributed by atoms with Crippen LogP contribution in [0.1, 0.15) is 15.9 Å². The molecule has 0 radical (unpaired) electrons. The molecule has 1 heterocycles. The van der Waals surface area contributed by atoms with Crippen LogP contribution in [-0.2, 0) is 4.79 Å². The van der Waals surface area contributed by atoms with Gasteiger partial charge in [0, 0.05) is 17.7 Å². The molecule has 0 aliphatic rings. The number of hydrogen-bond donors (Lipinski definition) is 1. The number of alkyl halides is 1. The highest BCUT2D eigenvalue weighted by Gasteiger charge is 2.18. The van der Waals surface area contributed by atoms with Crippen molar-refractivity contribution in [3.63, 3.8) is 0 Å². The Morgan fingerprint density at radius 3 is 2.76 bits per heavy atom. The summed E-state index contributed by atoms with van der Waals surface area (Å²) in [6.07, 6.45) is 0. The lowest BCUT2D eigenvalue weighted by Crippen LogP contribution is -2.14. The van der Waals surface area contributed by atoms with Gasteiger partial charge in [0.25, 0.3) is 5.69 Å². The third-order valence-electron chi connectivity index (χ3n) is 2.60. The number of halogens is 1. The number of rotatable bonds is 5. The number of amides is 1. The van der Waals surface area contributed by atoms with Crippen LogP contribution in [0.15, 0.2) is 35.7 Å². The molecule has 0 saturated carbocycles. The van der Waals surface area contributed by atoms with E-state index in [0.717, 1.165) is 0 Å². The molecular weight excluding hydrogens is 316 g/mol. The van der Waals surface area contributed by atoms with Crippen LogP contribution in [0.25, 0.3) is 0 Å². The Bertz CT molecular complexity index is 714. The summed E-state index contributed by atoms with van der Waals surface area (Å²) >= 11 is 6.59. The predicted molar refractivity (Wildman–Crippen MR) is 80.2 cm³/mol. The standard InChI is InChI=1S/C13H9ClN2O4S/c14-7-11(17)15-13-10(4-5-21-13)12(18)8-2-1-3-9(6-8)16(19)20/h1-6H,7H2,(H,15,17). The Kier molecular flexibility index (Phi) is 4.66. The van der Waals surface area contributed by atoms with E-state index in [9.17, 15) is 19.7 Å². The second-order valence-electron chi connectivity index (χ2n) is 3.98. The van der Waals surface area contributed by atoms with Crippen molar-refractivity contribution in [2.24, 2.45) is 0 Å². The van der Waals surface area contributed by atoms with E-state index in [1.54, 1.807) is 11.4 Å². The van der Waals surface area contributed by atoms with E-state index in [1.165, 1.54) is 35.6 Å². The van der Waals surface area contributed by atoms with Gasteiger partial charge in [0.15, 0.2) is 5.78 Å². The number of nitro benzene ring substituents is 1. The first-order valence-electron chi connectivity index (χ1n) is 5.75. The molecule has 1 aromatic carbocycles. The maximum atomic E-state index is 12.4. The fourth-order valence-corrected chi connectivity index (χ4v) is 2.53. The van der Waals surface area contributed by atoms with Gasteiger partial charge in [0.05, 0.1) is 10.5 Å². The Morgan fingerprint density at radius 2 is 2.10 bits per heavy atom. The van der Waals surface area contributed by atoms with Crippen LogP contribution in [0, 0.1) is 10.1 Å². The van der Waals surface area contributed by atoms with E-state index in [-0.39, 0.29) is 22.7 Å². The molecule has 0 bridgehead atoms. The van der Waals surface area contributed by atoms with Gasteiger partial charge in [-0.3, -0.25) is 19.7 Å². The van der Waals surface area contributed by atoms with Crippen LogP contribution in [0.2, 0.25) is 0 Å². The van der Waals surface area contributed by atoms with Gasteiger partial charge in [-0.15, -0.1) is 22.9 Å². The van der Waals surface area contributed by atoms with Crippen molar-refractivity contribution in [1.82, 2.24) is 0 Å². The third-order valence-corrected chi connectivity index (χ3v) is 3.68. The minimum absolute atomic E-state index is 0.164. The van der Waals surface area contributed by atoms with Crippen molar-refractivity contribution in [2.45, 2.75) is 0 Å². The molecule has 0 unspecified atom stereocenters. The fraction of sp³-hybridized carbons (Fsp3) is 0.0769. The molecule has 0 spiro atoms. The molecule has 1 amide bonds. The van der Waals surface area contributed by atoms with Crippen molar-refractivity contribution in [2.75, 3.05) is 11.2 Å². The predicted octanol–water partition coefficient (Wildman–Crippen LogP) is 3.06. The maximum Gasteiger partial charge on any atom is 0.270 e. The van der Waals surface area contributed by atoms with Crippen molar-refractivity contribution in [1.29, 1.82) is 0 Å². The van der Waals surface area contributed by atoms with Gasteiger partial charge in [-0.1, -0.05) is 12.1 Å².